The lowest BCUT2D eigenvalue weighted by molar-refractivity contribution is -0.121. The summed E-state index contributed by atoms with van der Waals surface area (Å²) in [5.41, 5.74) is 0.851. The monoisotopic (exact) mass is 374 g/mol. The fourth-order valence-corrected chi connectivity index (χ4v) is 2.92. The van der Waals surface area contributed by atoms with Gasteiger partial charge < -0.3 is 5.32 Å². The van der Waals surface area contributed by atoms with Crippen LogP contribution in [0.2, 0.25) is 5.02 Å². The van der Waals surface area contributed by atoms with Crippen molar-refractivity contribution in [2.75, 3.05) is 13.1 Å². The fourth-order valence-electron chi connectivity index (χ4n) is 2.79. The second kappa shape index (κ2) is 7.66. The zero-order valence-electron chi connectivity index (χ0n) is 13.8. The molecule has 1 aliphatic heterocycles. The van der Waals surface area contributed by atoms with Crippen LogP contribution >= 0.6 is 11.6 Å². The number of imide groups is 1. The number of carbonyl (C=O) groups is 3. The standard InChI is InChI=1S/C19H16ClFN2O3/c20-13-6-4-12(5-7-13)8-10-22-16(24)9-11-23-18(25)14-2-1-3-15(21)17(14)19(23)26/h1-7H,8-11H2,(H,22,24). The quantitative estimate of drug-likeness (QED) is 0.791. The highest BCUT2D eigenvalue weighted by Gasteiger charge is 2.37. The molecule has 5 nitrogen and oxygen atoms in total. The van der Waals surface area contributed by atoms with E-state index in [2.05, 4.69) is 5.32 Å². The number of benzene rings is 2. The van der Waals surface area contributed by atoms with Crippen molar-refractivity contribution in [3.63, 3.8) is 0 Å². The van der Waals surface area contributed by atoms with Crippen LogP contribution in [0.5, 0.6) is 0 Å². The number of hydrogen-bond donors (Lipinski definition) is 1. The predicted molar refractivity (Wildman–Crippen MR) is 94.5 cm³/mol. The Kier molecular flexibility index (Phi) is 5.32. The van der Waals surface area contributed by atoms with Gasteiger partial charge >= 0.3 is 0 Å². The van der Waals surface area contributed by atoms with Crippen LogP contribution in [0.25, 0.3) is 0 Å². The van der Waals surface area contributed by atoms with Crippen molar-refractivity contribution < 1.29 is 18.8 Å². The van der Waals surface area contributed by atoms with Crippen LogP contribution in [0.1, 0.15) is 32.7 Å². The number of nitrogens with zero attached hydrogens (tertiary/aromatic N) is 1. The zero-order chi connectivity index (χ0) is 18.7. The molecule has 0 spiro atoms. The van der Waals surface area contributed by atoms with E-state index in [0.717, 1.165) is 16.5 Å². The Bertz CT molecular complexity index is 868. The number of nitrogens with one attached hydrogen (secondary N) is 1. The fraction of sp³-hybridized carbons (Fsp3) is 0.211. The normalized spacial score (nSPS) is 13.1. The van der Waals surface area contributed by atoms with Crippen molar-refractivity contribution in [3.8, 4) is 0 Å². The van der Waals surface area contributed by atoms with Crippen LogP contribution in [0, 0.1) is 5.82 Å². The summed E-state index contributed by atoms with van der Waals surface area (Å²) in [6.45, 7) is 0.343. The Morgan fingerprint density at radius 1 is 1.08 bits per heavy atom. The van der Waals surface area contributed by atoms with Crippen molar-refractivity contribution in [1.82, 2.24) is 10.2 Å². The van der Waals surface area contributed by atoms with Gasteiger partial charge in [0.1, 0.15) is 5.82 Å². The van der Waals surface area contributed by atoms with Crippen LogP contribution in [0.3, 0.4) is 0 Å². The zero-order valence-corrected chi connectivity index (χ0v) is 14.6. The largest absolute Gasteiger partial charge is 0.356 e. The van der Waals surface area contributed by atoms with Crippen molar-refractivity contribution in [2.24, 2.45) is 0 Å². The van der Waals surface area contributed by atoms with Gasteiger partial charge in [0.15, 0.2) is 0 Å². The molecule has 2 aromatic rings. The number of rotatable bonds is 6. The predicted octanol–water partition coefficient (Wildman–Crippen LogP) is 2.82. The number of hydrogen-bond acceptors (Lipinski definition) is 3. The lowest BCUT2D eigenvalue weighted by Crippen LogP contribution is -2.35. The van der Waals surface area contributed by atoms with Gasteiger partial charge in [-0.3, -0.25) is 19.3 Å². The SMILES string of the molecule is O=C(CCN1C(=O)c2cccc(F)c2C1=O)NCCc1ccc(Cl)cc1. The average molecular weight is 375 g/mol. The van der Waals surface area contributed by atoms with E-state index < -0.39 is 17.6 Å². The molecule has 3 amide bonds. The molecule has 1 aliphatic rings. The van der Waals surface area contributed by atoms with Gasteiger partial charge in [0.05, 0.1) is 11.1 Å². The minimum Gasteiger partial charge on any atom is -0.356 e. The maximum absolute atomic E-state index is 13.8. The highest BCUT2D eigenvalue weighted by molar-refractivity contribution is 6.30. The molecule has 0 bridgehead atoms. The number of amides is 3. The third kappa shape index (κ3) is 3.75. The van der Waals surface area contributed by atoms with Gasteiger partial charge in [-0.1, -0.05) is 29.8 Å². The summed E-state index contributed by atoms with van der Waals surface area (Å²) >= 11 is 5.81. The van der Waals surface area contributed by atoms with Crippen LogP contribution < -0.4 is 5.32 Å². The van der Waals surface area contributed by atoms with Crippen LogP contribution in [0.4, 0.5) is 4.39 Å². The second-order valence-corrected chi connectivity index (χ2v) is 6.34. The molecule has 7 heteroatoms. The number of carbonyl (C=O) groups excluding carboxylic acids is 3. The maximum Gasteiger partial charge on any atom is 0.264 e. The molecular formula is C19H16ClFN2O3. The molecule has 0 saturated heterocycles. The molecule has 26 heavy (non-hydrogen) atoms. The average Bonchev–Trinajstić information content (AvgIpc) is 2.87. The molecule has 0 unspecified atom stereocenters. The summed E-state index contributed by atoms with van der Waals surface area (Å²) in [5.74, 6) is -2.28. The van der Waals surface area contributed by atoms with Crippen molar-refractivity contribution in [1.29, 1.82) is 0 Å². The first kappa shape index (κ1) is 18.1. The van der Waals surface area contributed by atoms with Crippen LogP contribution in [0.15, 0.2) is 42.5 Å². The molecule has 134 valence electrons. The van der Waals surface area contributed by atoms with Gasteiger partial charge in [0.2, 0.25) is 5.91 Å². The number of halogens is 2. The molecule has 0 aliphatic carbocycles. The molecule has 0 fully saturated rings. The van der Waals surface area contributed by atoms with Crippen molar-refractivity contribution >= 4 is 29.3 Å². The highest BCUT2D eigenvalue weighted by Crippen LogP contribution is 2.25. The molecule has 0 atom stereocenters. The molecule has 1 heterocycles. The van der Waals surface area contributed by atoms with Gasteiger partial charge in [-0.15, -0.1) is 0 Å². The Hall–Kier alpha value is -2.73. The summed E-state index contributed by atoms with van der Waals surface area (Å²) in [4.78, 5) is 37.2. The van der Waals surface area contributed by atoms with E-state index in [1.54, 1.807) is 12.1 Å². The number of fused-ring (bicyclic) bond motifs is 1. The van der Waals surface area contributed by atoms with Crippen LogP contribution in [-0.4, -0.2) is 35.7 Å². The second-order valence-electron chi connectivity index (χ2n) is 5.90. The summed E-state index contributed by atoms with van der Waals surface area (Å²) in [6, 6.07) is 11.2. The Morgan fingerprint density at radius 2 is 1.81 bits per heavy atom. The lowest BCUT2D eigenvalue weighted by Gasteiger charge is -2.13. The first-order valence-electron chi connectivity index (χ1n) is 8.13. The highest BCUT2D eigenvalue weighted by atomic mass is 35.5. The Balaban J connectivity index is 1.49. The minimum atomic E-state index is -0.726. The summed E-state index contributed by atoms with van der Waals surface area (Å²) in [7, 11) is 0. The first-order valence-corrected chi connectivity index (χ1v) is 8.51. The van der Waals surface area contributed by atoms with E-state index in [1.165, 1.54) is 12.1 Å². The summed E-state index contributed by atoms with van der Waals surface area (Å²) < 4.78 is 13.8. The topological polar surface area (TPSA) is 66.5 Å². The molecular weight excluding hydrogens is 359 g/mol. The van der Waals surface area contributed by atoms with Gasteiger partial charge in [0.25, 0.3) is 11.8 Å². The molecule has 0 aromatic heterocycles. The van der Waals surface area contributed by atoms with Crippen molar-refractivity contribution in [2.45, 2.75) is 12.8 Å². The Morgan fingerprint density at radius 3 is 2.50 bits per heavy atom. The summed E-state index contributed by atoms with van der Waals surface area (Å²) in [6.07, 6.45) is 0.606. The summed E-state index contributed by atoms with van der Waals surface area (Å²) in [5, 5.41) is 3.38. The van der Waals surface area contributed by atoms with E-state index in [-0.39, 0.29) is 30.0 Å². The van der Waals surface area contributed by atoms with Crippen molar-refractivity contribution in [3.05, 3.63) is 70.0 Å². The van der Waals surface area contributed by atoms with E-state index in [1.807, 2.05) is 12.1 Å². The van der Waals surface area contributed by atoms with E-state index in [9.17, 15) is 18.8 Å². The molecule has 3 rings (SSSR count). The van der Waals surface area contributed by atoms with E-state index >= 15 is 0 Å². The third-order valence-electron chi connectivity index (χ3n) is 4.16. The molecule has 2 aromatic carbocycles. The minimum absolute atomic E-state index is 0.0340. The molecule has 0 saturated carbocycles. The molecule has 1 N–H and O–H groups in total. The lowest BCUT2D eigenvalue weighted by atomic mass is 10.1. The smallest absolute Gasteiger partial charge is 0.264 e. The van der Waals surface area contributed by atoms with Gasteiger partial charge in [-0.05, 0) is 36.2 Å². The van der Waals surface area contributed by atoms with Gasteiger partial charge in [0, 0.05) is 24.5 Å². The van der Waals surface area contributed by atoms with E-state index in [0.29, 0.717) is 18.0 Å². The van der Waals surface area contributed by atoms with Crippen LogP contribution in [-0.2, 0) is 11.2 Å². The van der Waals surface area contributed by atoms with Gasteiger partial charge in [-0.2, -0.15) is 0 Å². The third-order valence-corrected chi connectivity index (χ3v) is 4.41. The van der Waals surface area contributed by atoms with E-state index in [4.69, 9.17) is 11.6 Å². The maximum atomic E-state index is 13.8. The van der Waals surface area contributed by atoms with Gasteiger partial charge in [-0.25, -0.2) is 4.39 Å². The molecule has 0 radical (unpaired) electrons. The Labute approximate surface area is 154 Å². The first-order chi connectivity index (χ1) is 12.5.